The van der Waals surface area contributed by atoms with E-state index in [4.69, 9.17) is 0 Å². The summed E-state index contributed by atoms with van der Waals surface area (Å²) in [6.07, 6.45) is 12.0. The Labute approximate surface area is 105 Å². The van der Waals surface area contributed by atoms with Gasteiger partial charge >= 0.3 is 0 Å². The van der Waals surface area contributed by atoms with Gasteiger partial charge in [0.2, 0.25) is 0 Å². The zero-order chi connectivity index (χ0) is 11.9. The van der Waals surface area contributed by atoms with Crippen LogP contribution in [0.2, 0.25) is 0 Å². The zero-order valence-electron chi connectivity index (χ0n) is 10.9. The van der Waals surface area contributed by atoms with Crippen LogP contribution in [-0.4, -0.2) is 11.5 Å². The van der Waals surface area contributed by atoms with Gasteiger partial charge in [0.05, 0.1) is 0 Å². The smallest absolute Gasteiger partial charge is 0.0324 e. The van der Waals surface area contributed by atoms with E-state index in [-0.39, 0.29) is 0 Å². The standard InChI is InChI=1S/C15H24N2/c1-2-9-17-15(12-13-5-3-4-6-13)14-7-10-16-11-8-14/h7-8,10-11,13,15,17H,2-6,9,12H2,1H3. The minimum absolute atomic E-state index is 0.529. The highest BCUT2D eigenvalue weighted by Crippen LogP contribution is 2.32. The molecular formula is C15H24N2. The normalized spacial score (nSPS) is 18.4. The maximum Gasteiger partial charge on any atom is 0.0324 e. The van der Waals surface area contributed by atoms with E-state index in [1.165, 1.54) is 44.1 Å². The fourth-order valence-electron chi connectivity index (χ4n) is 2.83. The number of hydrogen-bond acceptors (Lipinski definition) is 2. The highest BCUT2D eigenvalue weighted by atomic mass is 14.9. The van der Waals surface area contributed by atoms with Gasteiger partial charge in [-0.3, -0.25) is 4.98 Å². The molecule has 1 N–H and O–H groups in total. The molecule has 0 radical (unpaired) electrons. The molecule has 2 nitrogen and oxygen atoms in total. The third kappa shape index (κ3) is 3.81. The first-order chi connectivity index (χ1) is 8.40. The van der Waals surface area contributed by atoms with E-state index in [2.05, 4.69) is 29.4 Å². The summed E-state index contributed by atoms with van der Waals surface area (Å²) in [4.78, 5) is 4.11. The molecule has 2 rings (SSSR count). The van der Waals surface area contributed by atoms with Crippen molar-refractivity contribution >= 4 is 0 Å². The summed E-state index contributed by atoms with van der Waals surface area (Å²) in [5, 5.41) is 3.68. The third-order valence-electron chi connectivity index (χ3n) is 3.79. The lowest BCUT2D eigenvalue weighted by Gasteiger charge is -2.22. The average Bonchev–Trinajstić information content (AvgIpc) is 2.88. The van der Waals surface area contributed by atoms with Gasteiger partial charge in [0.1, 0.15) is 0 Å². The molecule has 1 aromatic rings. The number of nitrogens with one attached hydrogen (secondary N) is 1. The van der Waals surface area contributed by atoms with Gasteiger partial charge in [-0.25, -0.2) is 0 Å². The predicted molar refractivity (Wildman–Crippen MR) is 71.8 cm³/mol. The molecule has 1 aliphatic rings. The van der Waals surface area contributed by atoms with Crippen molar-refractivity contribution in [2.75, 3.05) is 6.54 Å². The molecule has 1 aromatic heterocycles. The Balaban J connectivity index is 1.97. The predicted octanol–water partition coefficient (Wildman–Crippen LogP) is 3.70. The van der Waals surface area contributed by atoms with Crippen LogP contribution in [0.5, 0.6) is 0 Å². The first-order valence-electron chi connectivity index (χ1n) is 7.03. The summed E-state index contributed by atoms with van der Waals surface area (Å²) in [6.45, 7) is 3.34. The van der Waals surface area contributed by atoms with E-state index in [0.717, 1.165) is 12.5 Å². The fraction of sp³-hybridized carbons (Fsp3) is 0.667. The molecule has 0 saturated heterocycles. The Morgan fingerprint density at radius 3 is 2.65 bits per heavy atom. The maximum absolute atomic E-state index is 4.11. The van der Waals surface area contributed by atoms with Crippen LogP contribution in [0, 0.1) is 5.92 Å². The molecule has 1 heterocycles. The molecule has 94 valence electrons. The maximum atomic E-state index is 4.11. The average molecular weight is 232 g/mol. The largest absolute Gasteiger partial charge is 0.310 e. The Kier molecular flexibility index (Phi) is 4.99. The van der Waals surface area contributed by atoms with Crippen molar-refractivity contribution in [3.8, 4) is 0 Å². The van der Waals surface area contributed by atoms with Crippen LogP contribution >= 0.6 is 0 Å². The van der Waals surface area contributed by atoms with Gasteiger partial charge in [0.25, 0.3) is 0 Å². The molecule has 0 aliphatic heterocycles. The molecule has 17 heavy (non-hydrogen) atoms. The molecule has 1 atom stereocenters. The molecular weight excluding hydrogens is 208 g/mol. The Bertz CT molecular complexity index is 304. The summed E-state index contributed by atoms with van der Waals surface area (Å²) in [5.41, 5.74) is 1.40. The highest BCUT2D eigenvalue weighted by Gasteiger charge is 2.20. The van der Waals surface area contributed by atoms with Crippen LogP contribution < -0.4 is 5.32 Å². The van der Waals surface area contributed by atoms with Gasteiger partial charge in [0, 0.05) is 18.4 Å². The van der Waals surface area contributed by atoms with Gasteiger partial charge in [-0.2, -0.15) is 0 Å². The second-order valence-corrected chi connectivity index (χ2v) is 5.17. The summed E-state index contributed by atoms with van der Waals surface area (Å²) in [6, 6.07) is 4.84. The first kappa shape index (κ1) is 12.6. The van der Waals surface area contributed by atoms with Gasteiger partial charge in [-0.1, -0.05) is 32.6 Å². The summed E-state index contributed by atoms with van der Waals surface area (Å²) in [5.74, 6) is 0.928. The number of nitrogens with zero attached hydrogens (tertiary/aromatic N) is 1. The summed E-state index contributed by atoms with van der Waals surface area (Å²) >= 11 is 0. The summed E-state index contributed by atoms with van der Waals surface area (Å²) < 4.78 is 0. The molecule has 1 fully saturated rings. The second kappa shape index (κ2) is 6.75. The minimum Gasteiger partial charge on any atom is -0.310 e. The van der Waals surface area contributed by atoms with E-state index in [1.807, 2.05) is 12.4 Å². The van der Waals surface area contributed by atoms with Crippen molar-refractivity contribution in [1.29, 1.82) is 0 Å². The molecule has 0 amide bonds. The third-order valence-corrected chi connectivity index (χ3v) is 3.79. The molecule has 2 heteroatoms. The second-order valence-electron chi connectivity index (χ2n) is 5.17. The van der Waals surface area contributed by atoms with Gasteiger partial charge in [-0.15, -0.1) is 0 Å². The van der Waals surface area contributed by atoms with Crippen LogP contribution in [0.1, 0.15) is 57.1 Å². The molecule has 1 unspecified atom stereocenters. The monoisotopic (exact) mass is 232 g/mol. The van der Waals surface area contributed by atoms with Crippen molar-refractivity contribution in [2.45, 2.75) is 51.5 Å². The fourth-order valence-corrected chi connectivity index (χ4v) is 2.83. The lowest BCUT2D eigenvalue weighted by molar-refractivity contribution is 0.395. The van der Waals surface area contributed by atoms with Crippen LogP contribution in [0.3, 0.4) is 0 Å². The molecule has 0 bridgehead atoms. The molecule has 0 spiro atoms. The van der Waals surface area contributed by atoms with E-state index in [1.54, 1.807) is 0 Å². The topological polar surface area (TPSA) is 24.9 Å². The summed E-state index contributed by atoms with van der Waals surface area (Å²) in [7, 11) is 0. The Morgan fingerprint density at radius 1 is 1.29 bits per heavy atom. The van der Waals surface area contributed by atoms with Gasteiger partial charge in [-0.05, 0) is 43.0 Å². The lowest BCUT2D eigenvalue weighted by atomic mass is 9.94. The number of pyridine rings is 1. The van der Waals surface area contributed by atoms with E-state index >= 15 is 0 Å². The van der Waals surface area contributed by atoms with Crippen molar-refractivity contribution in [1.82, 2.24) is 10.3 Å². The van der Waals surface area contributed by atoms with Crippen LogP contribution in [0.25, 0.3) is 0 Å². The number of aromatic nitrogens is 1. The van der Waals surface area contributed by atoms with Gasteiger partial charge < -0.3 is 5.32 Å². The van der Waals surface area contributed by atoms with Crippen LogP contribution in [0.4, 0.5) is 0 Å². The Hall–Kier alpha value is -0.890. The SMILES string of the molecule is CCCNC(CC1CCCC1)c1ccncc1. The first-order valence-corrected chi connectivity index (χ1v) is 7.03. The number of hydrogen-bond donors (Lipinski definition) is 1. The van der Waals surface area contributed by atoms with Gasteiger partial charge in [0.15, 0.2) is 0 Å². The molecule has 1 aliphatic carbocycles. The minimum atomic E-state index is 0.529. The zero-order valence-corrected chi connectivity index (χ0v) is 10.9. The van der Waals surface area contributed by atoms with Crippen molar-refractivity contribution in [3.05, 3.63) is 30.1 Å². The molecule has 0 aromatic carbocycles. The van der Waals surface area contributed by atoms with E-state index in [0.29, 0.717) is 6.04 Å². The van der Waals surface area contributed by atoms with Crippen LogP contribution in [-0.2, 0) is 0 Å². The van der Waals surface area contributed by atoms with Crippen molar-refractivity contribution in [3.63, 3.8) is 0 Å². The van der Waals surface area contributed by atoms with E-state index < -0.39 is 0 Å². The molecule has 1 saturated carbocycles. The number of rotatable bonds is 6. The van der Waals surface area contributed by atoms with Crippen molar-refractivity contribution < 1.29 is 0 Å². The highest BCUT2D eigenvalue weighted by molar-refractivity contribution is 5.15. The van der Waals surface area contributed by atoms with E-state index in [9.17, 15) is 0 Å². The quantitative estimate of drug-likeness (QED) is 0.809. The lowest BCUT2D eigenvalue weighted by Crippen LogP contribution is -2.24. The van der Waals surface area contributed by atoms with Crippen molar-refractivity contribution in [2.24, 2.45) is 5.92 Å². The van der Waals surface area contributed by atoms with Crippen LogP contribution in [0.15, 0.2) is 24.5 Å². The Morgan fingerprint density at radius 2 is 2.00 bits per heavy atom.